The fourth-order valence-corrected chi connectivity index (χ4v) is 3.70. The maximum absolute atomic E-state index is 12.5. The fourth-order valence-electron chi connectivity index (χ4n) is 2.95. The molecule has 1 N–H and O–H groups in total. The van der Waals surface area contributed by atoms with Gasteiger partial charge >= 0.3 is 0 Å². The van der Waals surface area contributed by atoms with Crippen molar-refractivity contribution >= 4 is 22.9 Å². The van der Waals surface area contributed by atoms with Crippen molar-refractivity contribution in [2.75, 3.05) is 25.0 Å². The molecule has 6 heteroatoms. The van der Waals surface area contributed by atoms with Crippen LogP contribution in [0.15, 0.2) is 41.8 Å². The van der Waals surface area contributed by atoms with Gasteiger partial charge in [0.05, 0.1) is 24.3 Å². The molecule has 1 fully saturated rings. The molecule has 1 atom stereocenters. The van der Waals surface area contributed by atoms with Gasteiger partial charge in [-0.25, -0.2) is 0 Å². The van der Waals surface area contributed by atoms with Gasteiger partial charge in [0, 0.05) is 30.3 Å². The average Bonchev–Trinajstić information content (AvgIpc) is 3.29. The first-order valence-electron chi connectivity index (χ1n) is 8.39. The molecule has 130 valence electrons. The number of nitrogens with one attached hydrogen (secondary N) is 1. The van der Waals surface area contributed by atoms with Crippen molar-refractivity contribution in [3.63, 3.8) is 0 Å². The lowest BCUT2D eigenvalue weighted by atomic mass is 10.2. The van der Waals surface area contributed by atoms with Crippen LogP contribution in [0.2, 0.25) is 0 Å². The van der Waals surface area contributed by atoms with E-state index >= 15 is 0 Å². The van der Waals surface area contributed by atoms with Crippen molar-refractivity contribution in [1.29, 1.82) is 5.26 Å². The Labute approximate surface area is 151 Å². The Kier molecular flexibility index (Phi) is 6.18. The molecule has 0 unspecified atom stereocenters. The molecule has 0 spiro atoms. The van der Waals surface area contributed by atoms with Gasteiger partial charge in [0.25, 0.3) is 0 Å². The topological polar surface area (TPSA) is 65.4 Å². The number of hydrogen-bond donors (Lipinski definition) is 1. The highest BCUT2D eigenvalue weighted by Crippen LogP contribution is 2.17. The molecular formula is C19H21N3O2S. The molecule has 1 aromatic carbocycles. The van der Waals surface area contributed by atoms with Crippen LogP contribution in [0.5, 0.6) is 0 Å². The van der Waals surface area contributed by atoms with E-state index in [9.17, 15) is 4.79 Å². The summed E-state index contributed by atoms with van der Waals surface area (Å²) in [5.74, 6) is -0.0790. The van der Waals surface area contributed by atoms with E-state index in [0.29, 0.717) is 17.8 Å². The third-order valence-electron chi connectivity index (χ3n) is 4.09. The Morgan fingerprint density at radius 1 is 1.40 bits per heavy atom. The predicted molar refractivity (Wildman–Crippen MR) is 98.4 cm³/mol. The predicted octanol–water partition coefficient (Wildman–Crippen LogP) is 3.24. The van der Waals surface area contributed by atoms with Crippen LogP contribution in [0.1, 0.15) is 23.3 Å². The fraction of sp³-hybridized carbons (Fsp3) is 0.368. The Bertz CT molecular complexity index is 733. The van der Waals surface area contributed by atoms with Gasteiger partial charge in [0.1, 0.15) is 0 Å². The maximum atomic E-state index is 12.5. The van der Waals surface area contributed by atoms with Crippen LogP contribution < -0.4 is 5.32 Å². The number of benzene rings is 1. The molecule has 2 heterocycles. The quantitative estimate of drug-likeness (QED) is 0.828. The van der Waals surface area contributed by atoms with E-state index in [0.717, 1.165) is 32.5 Å². The van der Waals surface area contributed by atoms with Crippen molar-refractivity contribution < 1.29 is 9.53 Å². The molecule has 1 aliphatic rings. The van der Waals surface area contributed by atoms with E-state index in [1.165, 1.54) is 4.88 Å². The van der Waals surface area contributed by atoms with Gasteiger partial charge in [0.15, 0.2) is 0 Å². The summed E-state index contributed by atoms with van der Waals surface area (Å²) in [7, 11) is 0. The van der Waals surface area contributed by atoms with Gasteiger partial charge < -0.3 is 10.1 Å². The Hall–Kier alpha value is -2.20. The zero-order valence-corrected chi connectivity index (χ0v) is 14.8. The van der Waals surface area contributed by atoms with E-state index in [1.807, 2.05) is 11.4 Å². The third-order valence-corrected chi connectivity index (χ3v) is 4.95. The Balaban J connectivity index is 1.61. The molecule has 1 aliphatic heterocycles. The number of carbonyl (C=O) groups excluding carboxylic acids is 1. The van der Waals surface area contributed by atoms with Gasteiger partial charge in [-0.15, -0.1) is 11.3 Å². The second kappa shape index (κ2) is 8.77. The smallest absolute Gasteiger partial charge is 0.238 e. The third kappa shape index (κ3) is 5.40. The van der Waals surface area contributed by atoms with E-state index in [2.05, 4.69) is 22.4 Å². The van der Waals surface area contributed by atoms with Crippen LogP contribution in [0.3, 0.4) is 0 Å². The second-order valence-corrected chi connectivity index (χ2v) is 7.16. The average molecular weight is 355 g/mol. The molecular weight excluding hydrogens is 334 g/mol. The molecule has 5 nitrogen and oxygen atoms in total. The minimum Gasteiger partial charge on any atom is -0.377 e. The van der Waals surface area contributed by atoms with Crippen molar-refractivity contribution in [2.45, 2.75) is 25.5 Å². The number of hydrogen-bond acceptors (Lipinski definition) is 5. The largest absolute Gasteiger partial charge is 0.377 e. The molecule has 1 saturated heterocycles. The Morgan fingerprint density at radius 3 is 3.04 bits per heavy atom. The highest BCUT2D eigenvalue weighted by atomic mass is 32.1. The number of carbonyl (C=O) groups is 1. The molecule has 0 bridgehead atoms. The van der Waals surface area contributed by atoms with Crippen LogP contribution in [-0.4, -0.2) is 36.6 Å². The van der Waals surface area contributed by atoms with Crippen molar-refractivity contribution in [3.8, 4) is 6.07 Å². The summed E-state index contributed by atoms with van der Waals surface area (Å²) in [6, 6.07) is 13.2. The van der Waals surface area contributed by atoms with Crippen molar-refractivity contribution in [3.05, 3.63) is 52.2 Å². The molecule has 1 amide bonds. The summed E-state index contributed by atoms with van der Waals surface area (Å²) in [6.07, 6.45) is 2.34. The number of rotatable bonds is 7. The van der Waals surface area contributed by atoms with E-state index in [1.54, 1.807) is 35.6 Å². The number of nitriles is 1. The summed E-state index contributed by atoms with van der Waals surface area (Å²) in [5, 5.41) is 13.9. The Morgan fingerprint density at radius 2 is 2.32 bits per heavy atom. The van der Waals surface area contributed by atoms with Crippen molar-refractivity contribution in [1.82, 2.24) is 4.90 Å². The first-order valence-corrected chi connectivity index (χ1v) is 9.27. The summed E-state index contributed by atoms with van der Waals surface area (Å²) in [6.45, 7) is 2.60. The maximum Gasteiger partial charge on any atom is 0.238 e. The minimum absolute atomic E-state index is 0.0790. The first kappa shape index (κ1) is 17.6. The number of ether oxygens (including phenoxy) is 1. The van der Waals surface area contributed by atoms with Crippen LogP contribution >= 0.6 is 11.3 Å². The molecule has 0 saturated carbocycles. The van der Waals surface area contributed by atoms with Crippen LogP contribution in [0.4, 0.5) is 5.69 Å². The normalized spacial score (nSPS) is 16.7. The zero-order chi connectivity index (χ0) is 17.5. The number of nitrogens with zero attached hydrogens (tertiary/aromatic N) is 2. The van der Waals surface area contributed by atoms with Crippen LogP contribution in [0.25, 0.3) is 0 Å². The van der Waals surface area contributed by atoms with E-state index in [4.69, 9.17) is 10.00 Å². The minimum atomic E-state index is -0.0790. The zero-order valence-electron chi connectivity index (χ0n) is 14.0. The standard InChI is InChI=1S/C19H21N3O2S/c20-11-15-4-1-5-16(10-15)21-19(23)14-22(12-17-6-2-8-24-17)13-18-7-3-9-25-18/h1,3-5,7,9-10,17H,2,6,8,12-14H2,(H,21,23)/t17-/m1/s1. The van der Waals surface area contributed by atoms with Gasteiger partial charge in [-0.1, -0.05) is 12.1 Å². The van der Waals surface area contributed by atoms with Crippen LogP contribution in [0, 0.1) is 11.3 Å². The molecule has 0 aliphatic carbocycles. The van der Waals surface area contributed by atoms with Gasteiger partial charge in [-0.2, -0.15) is 5.26 Å². The van der Waals surface area contributed by atoms with E-state index < -0.39 is 0 Å². The molecule has 0 radical (unpaired) electrons. The summed E-state index contributed by atoms with van der Waals surface area (Å²) >= 11 is 1.69. The lowest BCUT2D eigenvalue weighted by molar-refractivity contribution is -0.117. The highest BCUT2D eigenvalue weighted by molar-refractivity contribution is 7.09. The lowest BCUT2D eigenvalue weighted by Gasteiger charge is -2.24. The molecule has 25 heavy (non-hydrogen) atoms. The van der Waals surface area contributed by atoms with Gasteiger partial charge in [0.2, 0.25) is 5.91 Å². The van der Waals surface area contributed by atoms with Crippen LogP contribution in [-0.2, 0) is 16.1 Å². The molecule has 1 aromatic heterocycles. The summed E-state index contributed by atoms with van der Waals surface area (Å²) in [5.41, 5.74) is 1.19. The van der Waals surface area contributed by atoms with Gasteiger partial charge in [-0.3, -0.25) is 9.69 Å². The van der Waals surface area contributed by atoms with E-state index in [-0.39, 0.29) is 12.0 Å². The number of anilines is 1. The highest BCUT2D eigenvalue weighted by Gasteiger charge is 2.21. The monoisotopic (exact) mass is 355 g/mol. The van der Waals surface area contributed by atoms with Crippen molar-refractivity contribution in [2.24, 2.45) is 0 Å². The first-order chi connectivity index (χ1) is 12.2. The summed E-state index contributed by atoms with van der Waals surface area (Å²) in [4.78, 5) is 15.8. The SMILES string of the molecule is N#Cc1cccc(NC(=O)CN(Cc2cccs2)C[C@H]2CCCO2)c1. The lowest BCUT2D eigenvalue weighted by Crippen LogP contribution is -2.37. The summed E-state index contributed by atoms with van der Waals surface area (Å²) < 4.78 is 5.73. The number of thiophene rings is 1. The second-order valence-electron chi connectivity index (χ2n) is 6.12. The molecule has 2 aromatic rings. The molecule has 3 rings (SSSR count). The van der Waals surface area contributed by atoms with Gasteiger partial charge in [-0.05, 0) is 42.5 Å². The number of amides is 1.